The molecule has 0 aliphatic carbocycles. The maximum Gasteiger partial charge on any atom is 1.00 e. The minimum Gasteiger partial charge on any atom is -0.498 e. The van der Waals surface area contributed by atoms with Crippen molar-refractivity contribution in [1.82, 2.24) is 9.55 Å². The molecule has 120 valence electrons. The van der Waals surface area contributed by atoms with Gasteiger partial charge in [-0.15, -0.1) is 0 Å². The van der Waals surface area contributed by atoms with Crippen LogP contribution in [0.15, 0.2) is 47.3 Å². The Morgan fingerprint density at radius 2 is 2.22 bits per heavy atom. The van der Waals surface area contributed by atoms with E-state index in [9.17, 15) is 0 Å². The molecule has 0 bridgehead atoms. The van der Waals surface area contributed by atoms with Crippen molar-refractivity contribution in [3.05, 3.63) is 54.3 Å². The zero-order valence-electron chi connectivity index (χ0n) is 15.1. The maximum atomic E-state index is 5.85. The molecule has 0 atom stereocenters. The monoisotopic (exact) mass is 338 g/mol. The molecule has 1 aromatic heterocycles. The Labute approximate surface area is 183 Å². The zero-order chi connectivity index (χ0) is 16.5. The number of aromatic nitrogens is 2. The van der Waals surface area contributed by atoms with E-state index in [1.807, 2.05) is 19.1 Å². The summed E-state index contributed by atoms with van der Waals surface area (Å²) in [6.45, 7) is 10.9. The second kappa shape index (κ2) is 12.0. The summed E-state index contributed by atoms with van der Waals surface area (Å²) < 4.78 is 2.08. The third kappa shape index (κ3) is 6.89. The molecule has 0 saturated carbocycles. The quantitative estimate of drug-likeness (QED) is 0.372. The van der Waals surface area contributed by atoms with Gasteiger partial charge in [0, 0.05) is 24.0 Å². The Balaban J connectivity index is 0.000000450. The van der Waals surface area contributed by atoms with Gasteiger partial charge in [0.2, 0.25) is 0 Å². The first kappa shape index (κ1) is 22.5. The van der Waals surface area contributed by atoms with E-state index < -0.39 is 0 Å². The van der Waals surface area contributed by atoms with Crippen molar-refractivity contribution in [3.8, 4) is 0 Å². The predicted octanol–water partition coefficient (Wildman–Crippen LogP) is 0.322. The van der Waals surface area contributed by atoms with Crippen molar-refractivity contribution in [2.75, 3.05) is 7.05 Å². The van der Waals surface area contributed by atoms with Gasteiger partial charge in [-0.3, -0.25) is 4.99 Å². The molecule has 0 spiro atoms. The molecule has 1 aliphatic rings. The number of rotatable bonds is 4. The van der Waals surface area contributed by atoms with Crippen LogP contribution < -0.4 is 57.1 Å². The summed E-state index contributed by atoms with van der Waals surface area (Å²) in [7, 11) is 1.79. The molecule has 0 unspecified atom stereocenters. The largest absolute Gasteiger partial charge is 1.00 e. The fourth-order valence-electron chi connectivity index (χ4n) is 2.40. The van der Waals surface area contributed by atoms with Gasteiger partial charge < -0.3 is 15.3 Å². The molecule has 1 aliphatic heterocycles. The maximum absolute atomic E-state index is 5.85. The molecule has 0 radical (unpaired) electrons. The van der Waals surface area contributed by atoms with Crippen LogP contribution in [0, 0.1) is 12.1 Å². The molecule has 1 aromatic rings. The Hall–Kier alpha value is -0.464. The minimum absolute atomic E-state index is 0. The Kier molecular flexibility index (Phi) is 11.7. The van der Waals surface area contributed by atoms with Crippen molar-refractivity contribution >= 4 is 5.71 Å². The standard InChI is InChI=1S/C12H20N2.C6H7N2.K/c1-6-8-10(11(13)7-2)12(14-5)9(3)4;1-2-6-7-3-5-8(6)4-1;/h6-9H,2,13H2,1,3-5H3;3H,1-2,4H2;/q;-1;+1/b8-6-,11-10-,14-12?;;. The summed E-state index contributed by atoms with van der Waals surface area (Å²) in [4.78, 5) is 8.36. The van der Waals surface area contributed by atoms with Crippen LogP contribution >= 0.6 is 0 Å². The van der Waals surface area contributed by atoms with Gasteiger partial charge in [0.1, 0.15) is 0 Å². The van der Waals surface area contributed by atoms with E-state index in [1.54, 1.807) is 19.3 Å². The summed E-state index contributed by atoms with van der Waals surface area (Å²) in [6.07, 6.45) is 12.7. The van der Waals surface area contributed by atoms with E-state index in [2.05, 4.69) is 41.2 Å². The number of allylic oxidation sites excluding steroid dienone is 4. The molecular weight excluding hydrogens is 311 g/mol. The van der Waals surface area contributed by atoms with Gasteiger partial charge >= 0.3 is 51.4 Å². The number of hydrogen-bond acceptors (Lipinski definition) is 3. The summed E-state index contributed by atoms with van der Waals surface area (Å²) >= 11 is 0. The van der Waals surface area contributed by atoms with Gasteiger partial charge in [-0.25, -0.2) is 0 Å². The Morgan fingerprint density at radius 3 is 2.70 bits per heavy atom. The topological polar surface area (TPSA) is 56.2 Å². The van der Waals surface area contributed by atoms with E-state index in [0.29, 0.717) is 11.6 Å². The van der Waals surface area contributed by atoms with E-state index in [1.165, 1.54) is 12.2 Å². The van der Waals surface area contributed by atoms with Crippen molar-refractivity contribution in [1.29, 1.82) is 0 Å². The van der Waals surface area contributed by atoms with Crippen molar-refractivity contribution in [3.63, 3.8) is 0 Å². The van der Waals surface area contributed by atoms with Crippen LogP contribution in [0.5, 0.6) is 0 Å². The van der Waals surface area contributed by atoms with Gasteiger partial charge in [-0.2, -0.15) is 6.20 Å². The molecule has 0 amide bonds. The molecule has 4 nitrogen and oxygen atoms in total. The second-order valence-corrected chi connectivity index (χ2v) is 5.40. The molecule has 2 N–H and O–H groups in total. The smallest absolute Gasteiger partial charge is 0.498 e. The number of aliphatic imine (C=N–C) groups is 1. The Morgan fingerprint density at radius 1 is 1.52 bits per heavy atom. The zero-order valence-corrected chi connectivity index (χ0v) is 18.3. The van der Waals surface area contributed by atoms with Crippen LogP contribution in [0.4, 0.5) is 0 Å². The van der Waals surface area contributed by atoms with E-state index in [4.69, 9.17) is 5.73 Å². The van der Waals surface area contributed by atoms with Gasteiger partial charge in [-0.1, -0.05) is 45.2 Å². The summed E-state index contributed by atoms with van der Waals surface area (Å²) in [5.41, 5.74) is 8.51. The summed E-state index contributed by atoms with van der Waals surface area (Å²) in [6, 6.07) is 0. The number of aryl methyl sites for hydroxylation is 2. The van der Waals surface area contributed by atoms with Gasteiger partial charge in [0.15, 0.2) is 0 Å². The fourth-order valence-corrected chi connectivity index (χ4v) is 2.40. The molecule has 23 heavy (non-hydrogen) atoms. The number of nitrogens with two attached hydrogens (primary N) is 1. The summed E-state index contributed by atoms with van der Waals surface area (Å²) in [5, 5.41) is 0. The number of nitrogens with zero attached hydrogens (tertiary/aromatic N) is 3. The third-order valence-corrected chi connectivity index (χ3v) is 3.45. The van der Waals surface area contributed by atoms with Crippen molar-refractivity contribution in [2.24, 2.45) is 16.6 Å². The number of imidazole rings is 1. The average Bonchev–Trinajstić information content (AvgIpc) is 3.10. The van der Waals surface area contributed by atoms with Crippen LogP contribution in [0.2, 0.25) is 0 Å². The minimum atomic E-state index is 0. The van der Waals surface area contributed by atoms with Crippen LogP contribution in [-0.2, 0) is 13.0 Å². The number of fused-ring (bicyclic) bond motifs is 1. The van der Waals surface area contributed by atoms with Crippen LogP contribution in [0.1, 0.15) is 33.0 Å². The van der Waals surface area contributed by atoms with Crippen molar-refractivity contribution in [2.45, 2.75) is 40.2 Å². The van der Waals surface area contributed by atoms with Crippen LogP contribution in [0.3, 0.4) is 0 Å². The average molecular weight is 339 g/mol. The fraction of sp³-hybridized carbons (Fsp3) is 0.444. The molecule has 0 saturated heterocycles. The van der Waals surface area contributed by atoms with Crippen LogP contribution in [-0.4, -0.2) is 22.3 Å². The first-order chi connectivity index (χ1) is 10.5. The molecular formula is C18H27KN4. The second-order valence-electron chi connectivity index (χ2n) is 5.40. The first-order valence-electron chi connectivity index (χ1n) is 7.69. The number of hydrogen-bond donors (Lipinski definition) is 1. The molecule has 0 fully saturated rings. The molecule has 0 aromatic carbocycles. The Bertz CT molecular complexity index is 561. The van der Waals surface area contributed by atoms with Crippen molar-refractivity contribution < 1.29 is 51.4 Å². The predicted molar refractivity (Wildman–Crippen MR) is 93.8 cm³/mol. The summed E-state index contributed by atoms with van der Waals surface area (Å²) in [5.74, 6) is 1.56. The van der Waals surface area contributed by atoms with Gasteiger partial charge in [0.25, 0.3) is 0 Å². The molecule has 2 rings (SSSR count). The molecule has 5 heteroatoms. The van der Waals surface area contributed by atoms with E-state index in [-0.39, 0.29) is 51.4 Å². The van der Waals surface area contributed by atoms with E-state index in [0.717, 1.165) is 24.3 Å². The normalized spacial score (nSPS) is 14.7. The first-order valence-corrected chi connectivity index (χ1v) is 7.69. The SMILES string of the molecule is C=C/C(N)=C(\C=C/C)C(=NC)C(C)C.[K+].[c-]1cnc2n1CCC2. The van der Waals surface area contributed by atoms with Crippen LogP contribution in [0.25, 0.3) is 0 Å². The van der Waals surface area contributed by atoms with Gasteiger partial charge in [-0.05, 0) is 37.7 Å². The van der Waals surface area contributed by atoms with E-state index >= 15 is 0 Å². The third-order valence-electron chi connectivity index (χ3n) is 3.45. The van der Waals surface area contributed by atoms with Gasteiger partial charge in [0.05, 0.1) is 0 Å². The molecule has 2 heterocycles.